The van der Waals surface area contributed by atoms with E-state index in [2.05, 4.69) is 10.4 Å². The number of fused-ring (bicyclic) bond motifs is 1. The number of hydrogen-bond donors (Lipinski definition) is 1. The van der Waals surface area contributed by atoms with Crippen molar-refractivity contribution in [3.8, 4) is 11.5 Å². The molecule has 0 saturated heterocycles. The first kappa shape index (κ1) is 20.5. The lowest BCUT2D eigenvalue weighted by Gasteiger charge is -2.44. The minimum absolute atomic E-state index is 0.140. The van der Waals surface area contributed by atoms with Crippen molar-refractivity contribution in [3.05, 3.63) is 59.5 Å². The Balaban J connectivity index is 1.60. The van der Waals surface area contributed by atoms with Gasteiger partial charge in [-0.1, -0.05) is 30.5 Å². The zero-order valence-electron chi connectivity index (χ0n) is 18.7. The molecular formula is C25H28N4O3. The number of carbonyl (C=O) groups excluding carboxylic acids is 2. The second-order valence-electron chi connectivity index (χ2n) is 9.21. The van der Waals surface area contributed by atoms with Crippen LogP contribution in [0.4, 0.5) is 5.69 Å². The molecular weight excluding hydrogens is 404 g/mol. The quantitative estimate of drug-likeness (QED) is 0.669. The van der Waals surface area contributed by atoms with Crippen LogP contribution in [0.5, 0.6) is 0 Å². The molecule has 1 unspecified atom stereocenters. The number of nitrogens with one attached hydrogen (secondary N) is 1. The van der Waals surface area contributed by atoms with Gasteiger partial charge < -0.3 is 9.73 Å². The highest BCUT2D eigenvalue weighted by Crippen LogP contribution is 2.36. The maximum Gasteiger partial charge on any atom is 0.277 e. The molecule has 1 aromatic carbocycles. The Morgan fingerprint density at radius 2 is 1.97 bits per heavy atom. The van der Waals surface area contributed by atoms with Gasteiger partial charge in [0.05, 0.1) is 12.8 Å². The van der Waals surface area contributed by atoms with Gasteiger partial charge >= 0.3 is 0 Å². The number of furan rings is 1. The van der Waals surface area contributed by atoms with Crippen molar-refractivity contribution in [1.82, 2.24) is 15.1 Å². The number of nitrogens with zero attached hydrogens (tertiary/aromatic N) is 3. The highest BCUT2D eigenvalue weighted by Gasteiger charge is 2.49. The fourth-order valence-electron chi connectivity index (χ4n) is 4.97. The molecule has 2 aliphatic rings. The van der Waals surface area contributed by atoms with Crippen LogP contribution in [0, 0.1) is 13.8 Å². The van der Waals surface area contributed by atoms with Crippen LogP contribution in [0.1, 0.15) is 54.2 Å². The molecule has 0 radical (unpaired) electrons. The molecule has 2 aromatic heterocycles. The van der Waals surface area contributed by atoms with Gasteiger partial charge in [-0.3, -0.25) is 19.2 Å². The Hall–Kier alpha value is -3.35. The summed E-state index contributed by atoms with van der Waals surface area (Å²) in [4.78, 5) is 29.2. The molecule has 3 aromatic rings. The van der Waals surface area contributed by atoms with Crippen molar-refractivity contribution in [2.24, 2.45) is 0 Å². The number of carbonyl (C=O) groups is 2. The maximum atomic E-state index is 13.8. The molecule has 1 saturated carbocycles. The lowest BCUT2D eigenvalue weighted by Crippen LogP contribution is -2.65. The zero-order chi connectivity index (χ0) is 22.5. The van der Waals surface area contributed by atoms with E-state index in [9.17, 15) is 9.59 Å². The normalized spacial score (nSPS) is 21.1. The van der Waals surface area contributed by atoms with Crippen LogP contribution in [-0.2, 0) is 11.3 Å². The Morgan fingerprint density at radius 3 is 2.66 bits per heavy atom. The molecule has 7 nitrogen and oxygen atoms in total. The van der Waals surface area contributed by atoms with Gasteiger partial charge in [-0.05, 0) is 57.4 Å². The van der Waals surface area contributed by atoms with Gasteiger partial charge in [0, 0.05) is 17.8 Å². The summed E-state index contributed by atoms with van der Waals surface area (Å²) in [6.45, 7) is 6.10. The summed E-state index contributed by atoms with van der Waals surface area (Å²) in [6, 6.07) is 11.5. The van der Waals surface area contributed by atoms with Crippen LogP contribution in [0.3, 0.4) is 0 Å². The summed E-state index contributed by atoms with van der Waals surface area (Å²) >= 11 is 0. The number of aromatic nitrogens is 2. The fourth-order valence-corrected chi connectivity index (χ4v) is 4.97. The van der Waals surface area contributed by atoms with Crippen LogP contribution >= 0.6 is 0 Å². The largest absolute Gasteiger partial charge is 0.463 e. The molecule has 0 bridgehead atoms. The monoisotopic (exact) mass is 432 g/mol. The van der Waals surface area contributed by atoms with Crippen LogP contribution in [0.15, 0.2) is 47.1 Å². The number of aryl methyl sites for hydroxylation is 2. The Kier molecular flexibility index (Phi) is 4.92. The molecule has 1 atom stereocenters. The van der Waals surface area contributed by atoms with Crippen molar-refractivity contribution in [2.75, 3.05) is 4.90 Å². The summed E-state index contributed by atoms with van der Waals surface area (Å²) in [6.07, 6.45) is 5.79. The molecule has 32 heavy (non-hydrogen) atoms. The van der Waals surface area contributed by atoms with E-state index in [1.54, 1.807) is 28.0 Å². The molecule has 0 spiro atoms. The highest BCUT2D eigenvalue weighted by atomic mass is 16.3. The van der Waals surface area contributed by atoms with Gasteiger partial charge in [-0.2, -0.15) is 5.10 Å². The molecule has 3 heterocycles. The van der Waals surface area contributed by atoms with Crippen molar-refractivity contribution < 1.29 is 14.0 Å². The first-order chi connectivity index (χ1) is 15.4. The number of hydrogen-bond acceptors (Lipinski definition) is 4. The molecule has 1 aliphatic carbocycles. The standard InChI is InChI=1S/C25H28N4O3/c1-16-10-11-20(17(2)13-16)29-23(30)21-14-19(22-9-6-12-32-22)27-28(21)15-25(29,3)24(31)26-18-7-4-5-8-18/h6,9-14,18H,4-5,7-8,15H2,1-3H3,(H,26,31). The molecule has 5 rings (SSSR count). The van der Waals surface area contributed by atoms with E-state index in [0.29, 0.717) is 17.1 Å². The summed E-state index contributed by atoms with van der Waals surface area (Å²) in [5.41, 5.74) is 2.73. The average Bonchev–Trinajstić information content (AvgIpc) is 3.50. The second kappa shape index (κ2) is 7.65. The van der Waals surface area contributed by atoms with Gasteiger partial charge in [-0.15, -0.1) is 0 Å². The summed E-state index contributed by atoms with van der Waals surface area (Å²) in [5.74, 6) is 0.214. The highest BCUT2D eigenvalue weighted by molar-refractivity contribution is 6.12. The summed E-state index contributed by atoms with van der Waals surface area (Å²) in [5, 5.41) is 7.83. The first-order valence-corrected chi connectivity index (χ1v) is 11.2. The lowest BCUT2D eigenvalue weighted by molar-refractivity contribution is -0.127. The summed E-state index contributed by atoms with van der Waals surface area (Å²) in [7, 11) is 0. The second-order valence-corrected chi connectivity index (χ2v) is 9.21. The lowest BCUT2D eigenvalue weighted by atomic mass is 9.92. The van der Waals surface area contributed by atoms with Crippen LogP contribution in [0.2, 0.25) is 0 Å². The Bertz CT molecular complexity index is 1170. The van der Waals surface area contributed by atoms with Crippen molar-refractivity contribution in [3.63, 3.8) is 0 Å². The number of rotatable bonds is 4. The molecule has 1 fully saturated rings. The summed E-state index contributed by atoms with van der Waals surface area (Å²) < 4.78 is 7.13. The molecule has 1 N–H and O–H groups in total. The fraction of sp³-hybridized carbons (Fsp3) is 0.400. The number of amides is 2. The van der Waals surface area contributed by atoms with E-state index in [4.69, 9.17) is 4.42 Å². The van der Waals surface area contributed by atoms with Crippen molar-refractivity contribution in [2.45, 2.75) is 64.6 Å². The van der Waals surface area contributed by atoms with E-state index in [1.807, 2.05) is 45.0 Å². The zero-order valence-corrected chi connectivity index (χ0v) is 18.7. The Labute approximate surface area is 187 Å². The smallest absolute Gasteiger partial charge is 0.277 e. The molecule has 1 aliphatic heterocycles. The van der Waals surface area contributed by atoms with E-state index in [1.165, 1.54) is 0 Å². The van der Waals surface area contributed by atoms with Crippen molar-refractivity contribution >= 4 is 17.5 Å². The third-order valence-electron chi connectivity index (χ3n) is 6.70. The molecule has 166 valence electrons. The van der Waals surface area contributed by atoms with Gasteiger partial charge in [0.1, 0.15) is 16.9 Å². The van der Waals surface area contributed by atoms with E-state index < -0.39 is 5.54 Å². The molecule has 7 heteroatoms. The predicted octanol–water partition coefficient (Wildman–Crippen LogP) is 4.24. The molecule has 2 amide bonds. The third kappa shape index (κ3) is 3.32. The first-order valence-electron chi connectivity index (χ1n) is 11.2. The van der Waals surface area contributed by atoms with E-state index in [0.717, 1.165) is 42.5 Å². The SMILES string of the molecule is Cc1ccc(N2C(=O)c3cc(-c4ccco4)nn3CC2(C)C(=O)NC2CCCC2)c(C)c1. The predicted molar refractivity (Wildman–Crippen MR) is 121 cm³/mol. The minimum atomic E-state index is -1.11. The maximum absolute atomic E-state index is 13.8. The number of benzene rings is 1. The third-order valence-corrected chi connectivity index (χ3v) is 6.70. The van der Waals surface area contributed by atoms with Crippen LogP contribution in [-0.4, -0.2) is 33.2 Å². The number of anilines is 1. The topological polar surface area (TPSA) is 80.4 Å². The van der Waals surface area contributed by atoms with Gasteiger partial charge in [0.2, 0.25) is 5.91 Å². The van der Waals surface area contributed by atoms with Crippen LogP contribution in [0.25, 0.3) is 11.5 Å². The Morgan fingerprint density at radius 1 is 1.19 bits per heavy atom. The van der Waals surface area contributed by atoms with Gasteiger partial charge in [0.15, 0.2) is 5.76 Å². The van der Waals surface area contributed by atoms with E-state index in [-0.39, 0.29) is 24.4 Å². The van der Waals surface area contributed by atoms with Crippen molar-refractivity contribution in [1.29, 1.82) is 0 Å². The van der Waals surface area contributed by atoms with Gasteiger partial charge in [0.25, 0.3) is 5.91 Å². The van der Waals surface area contributed by atoms with Crippen LogP contribution < -0.4 is 10.2 Å². The average molecular weight is 433 g/mol. The minimum Gasteiger partial charge on any atom is -0.463 e. The van der Waals surface area contributed by atoms with E-state index >= 15 is 0 Å². The van der Waals surface area contributed by atoms with Gasteiger partial charge in [-0.25, -0.2) is 0 Å².